The number of benzene rings is 1. The van der Waals surface area contributed by atoms with Crippen molar-refractivity contribution in [2.45, 2.75) is 19.3 Å². The lowest BCUT2D eigenvalue weighted by atomic mass is 10.1. The van der Waals surface area contributed by atoms with E-state index in [4.69, 9.17) is 9.47 Å². The quantitative estimate of drug-likeness (QED) is 0.819. The third-order valence-electron chi connectivity index (χ3n) is 4.71. The van der Waals surface area contributed by atoms with Crippen LogP contribution in [0.15, 0.2) is 24.4 Å². The third-order valence-corrected chi connectivity index (χ3v) is 4.71. The van der Waals surface area contributed by atoms with Crippen molar-refractivity contribution >= 4 is 23.4 Å². The topological polar surface area (TPSA) is 79.8 Å². The maximum atomic E-state index is 12.9. The molecule has 1 aliphatic heterocycles. The Labute approximate surface area is 165 Å². The van der Waals surface area contributed by atoms with Crippen LogP contribution < -0.4 is 24.6 Å². The molecule has 2 heterocycles. The largest absolute Gasteiger partial charge is 0.493 e. The van der Waals surface area contributed by atoms with E-state index in [0.29, 0.717) is 34.5 Å². The number of amides is 1. The zero-order valence-corrected chi connectivity index (χ0v) is 16.9. The van der Waals surface area contributed by atoms with Crippen molar-refractivity contribution in [1.29, 1.82) is 0 Å². The fraction of sp³-hybridized carbons (Fsp3) is 0.450. The van der Waals surface area contributed by atoms with Gasteiger partial charge in [-0.25, -0.2) is 4.98 Å². The van der Waals surface area contributed by atoms with E-state index >= 15 is 0 Å². The van der Waals surface area contributed by atoms with E-state index in [1.54, 1.807) is 24.4 Å². The second-order valence-corrected chi connectivity index (χ2v) is 6.84. The van der Waals surface area contributed by atoms with Gasteiger partial charge in [0.1, 0.15) is 5.69 Å². The second kappa shape index (κ2) is 8.77. The molecular weight excluding hydrogens is 358 g/mol. The van der Waals surface area contributed by atoms with Crippen LogP contribution in [-0.2, 0) is 0 Å². The molecule has 0 bridgehead atoms. The first-order chi connectivity index (χ1) is 13.5. The van der Waals surface area contributed by atoms with E-state index in [1.165, 1.54) is 20.6 Å². The highest BCUT2D eigenvalue weighted by Crippen LogP contribution is 2.32. The van der Waals surface area contributed by atoms with E-state index in [0.717, 1.165) is 25.9 Å². The SMILES string of the molecule is COc1cccc(C(=O)Nc2cnc(N3CCCCC3)nc2N(C)C)c1OC. The lowest BCUT2D eigenvalue weighted by Gasteiger charge is -2.28. The number of carbonyl (C=O) groups excluding carboxylic acids is 1. The highest BCUT2D eigenvalue weighted by Gasteiger charge is 2.20. The average Bonchev–Trinajstić information content (AvgIpc) is 2.73. The van der Waals surface area contributed by atoms with Crippen molar-refractivity contribution in [1.82, 2.24) is 9.97 Å². The fourth-order valence-electron chi connectivity index (χ4n) is 3.29. The van der Waals surface area contributed by atoms with Crippen LogP contribution >= 0.6 is 0 Å². The molecule has 0 atom stereocenters. The summed E-state index contributed by atoms with van der Waals surface area (Å²) in [5.41, 5.74) is 0.923. The van der Waals surface area contributed by atoms with Crippen molar-refractivity contribution in [3.63, 3.8) is 0 Å². The molecule has 1 N–H and O–H groups in total. The van der Waals surface area contributed by atoms with E-state index < -0.39 is 0 Å². The molecule has 0 unspecified atom stereocenters. The summed E-state index contributed by atoms with van der Waals surface area (Å²) in [7, 11) is 6.83. The standard InChI is InChI=1S/C20H27N5O3/c1-24(2)18-15(13-21-20(23-18)25-11-6-5-7-12-25)22-19(26)14-9-8-10-16(27-3)17(14)28-4/h8-10,13H,5-7,11-12H2,1-4H3,(H,22,26). The minimum Gasteiger partial charge on any atom is -0.493 e. The summed E-state index contributed by atoms with van der Waals surface area (Å²) in [6, 6.07) is 5.19. The summed E-state index contributed by atoms with van der Waals surface area (Å²) in [5, 5.41) is 2.90. The van der Waals surface area contributed by atoms with Crippen LogP contribution in [0.2, 0.25) is 0 Å². The molecule has 1 aromatic heterocycles. The number of nitrogens with zero attached hydrogens (tertiary/aromatic N) is 4. The predicted molar refractivity (Wildman–Crippen MR) is 110 cm³/mol. The molecule has 150 valence electrons. The maximum Gasteiger partial charge on any atom is 0.259 e. The number of aromatic nitrogens is 2. The Bertz CT molecular complexity index is 835. The highest BCUT2D eigenvalue weighted by molar-refractivity contribution is 6.07. The number of hydrogen-bond donors (Lipinski definition) is 1. The number of hydrogen-bond acceptors (Lipinski definition) is 7. The van der Waals surface area contributed by atoms with Gasteiger partial charge in [-0.2, -0.15) is 4.98 Å². The molecule has 1 aromatic carbocycles. The molecule has 0 radical (unpaired) electrons. The Morgan fingerprint density at radius 1 is 1.14 bits per heavy atom. The van der Waals surface area contributed by atoms with Crippen molar-refractivity contribution in [3.8, 4) is 11.5 Å². The normalized spacial score (nSPS) is 13.8. The first kappa shape index (κ1) is 19.7. The van der Waals surface area contributed by atoms with Crippen molar-refractivity contribution < 1.29 is 14.3 Å². The van der Waals surface area contributed by atoms with Crippen LogP contribution in [-0.4, -0.2) is 57.3 Å². The number of nitrogens with one attached hydrogen (secondary N) is 1. The van der Waals surface area contributed by atoms with Crippen LogP contribution in [0.3, 0.4) is 0 Å². The van der Waals surface area contributed by atoms with Gasteiger partial charge in [0.2, 0.25) is 5.95 Å². The number of methoxy groups -OCH3 is 2. The number of rotatable bonds is 6. The van der Waals surface area contributed by atoms with Gasteiger partial charge < -0.3 is 24.6 Å². The van der Waals surface area contributed by atoms with E-state index in [2.05, 4.69) is 20.2 Å². The van der Waals surface area contributed by atoms with Crippen molar-refractivity contribution in [3.05, 3.63) is 30.0 Å². The fourth-order valence-corrected chi connectivity index (χ4v) is 3.29. The average molecular weight is 385 g/mol. The number of anilines is 3. The monoisotopic (exact) mass is 385 g/mol. The van der Waals surface area contributed by atoms with Gasteiger partial charge in [0, 0.05) is 27.2 Å². The number of para-hydroxylation sites is 1. The summed E-state index contributed by atoms with van der Waals surface area (Å²) in [4.78, 5) is 26.1. The van der Waals surface area contributed by atoms with Crippen LogP contribution in [0.5, 0.6) is 11.5 Å². The number of piperidine rings is 1. The van der Waals surface area contributed by atoms with Gasteiger partial charge >= 0.3 is 0 Å². The molecule has 0 spiro atoms. The Hall–Kier alpha value is -3.03. The van der Waals surface area contributed by atoms with E-state index in [1.807, 2.05) is 19.0 Å². The minimum absolute atomic E-state index is 0.312. The molecule has 1 aliphatic rings. The van der Waals surface area contributed by atoms with Crippen molar-refractivity contribution in [2.24, 2.45) is 0 Å². The van der Waals surface area contributed by atoms with Gasteiger partial charge in [0.25, 0.3) is 5.91 Å². The molecule has 2 aromatic rings. The smallest absolute Gasteiger partial charge is 0.259 e. The second-order valence-electron chi connectivity index (χ2n) is 6.84. The summed E-state index contributed by atoms with van der Waals surface area (Å²) in [6.45, 7) is 1.92. The van der Waals surface area contributed by atoms with Gasteiger partial charge in [-0.1, -0.05) is 6.07 Å². The van der Waals surface area contributed by atoms with Gasteiger partial charge in [-0.3, -0.25) is 4.79 Å². The van der Waals surface area contributed by atoms with Crippen LogP contribution in [0.1, 0.15) is 29.6 Å². The van der Waals surface area contributed by atoms with Gasteiger partial charge in [0.05, 0.1) is 26.0 Å². The molecule has 1 amide bonds. The summed E-state index contributed by atoms with van der Waals surface area (Å²) >= 11 is 0. The molecular formula is C20H27N5O3. The number of carbonyl (C=O) groups is 1. The summed E-state index contributed by atoms with van der Waals surface area (Å²) < 4.78 is 10.6. The molecule has 8 heteroatoms. The Morgan fingerprint density at radius 2 is 1.89 bits per heavy atom. The predicted octanol–water partition coefficient (Wildman–Crippen LogP) is 2.80. The maximum absolute atomic E-state index is 12.9. The first-order valence-corrected chi connectivity index (χ1v) is 9.36. The first-order valence-electron chi connectivity index (χ1n) is 9.36. The molecule has 1 saturated heterocycles. The molecule has 3 rings (SSSR count). The van der Waals surface area contributed by atoms with E-state index in [-0.39, 0.29) is 5.91 Å². The Balaban J connectivity index is 1.88. The highest BCUT2D eigenvalue weighted by atomic mass is 16.5. The number of ether oxygens (including phenoxy) is 2. The van der Waals surface area contributed by atoms with Crippen LogP contribution in [0.25, 0.3) is 0 Å². The Kier molecular flexibility index (Phi) is 6.18. The molecule has 0 aliphatic carbocycles. The van der Waals surface area contributed by atoms with Crippen LogP contribution in [0, 0.1) is 0 Å². The molecule has 1 fully saturated rings. The lowest BCUT2D eigenvalue weighted by molar-refractivity contribution is 0.102. The third kappa shape index (κ3) is 4.11. The van der Waals surface area contributed by atoms with Crippen LogP contribution in [0.4, 0.5) is 17.5 Å². The van der Waals surface area contributed by atoms with Crippen molar-refractivity contribution in [2.75, 3.05) is 56.5 Å². The summed E-state index contributed by atoms with van der Waals surface area (Å²) in [5.74, 6) is 1.93. The molecule has 28 heavy (non-hydrogen) atoms. The zero-order valence-electron chi connectivity index (χ0n) is 16.9. The van der Waals surface area contributed by atoms with Gasteiger partial charge in [0.15, 0.2) is 17.3 Å². The van der Waals surface area contributed by atoms with Gasteiger partial charge in [-0.05, 0) is 31.4 Å². The summed E-state index contributed by atoms with van der Waals surface area (Å²) in [6.07, 6.45) is 5.20. The van der Waals surface area contributed by atoms with E-state index in [9.17, 15) is 4.79 Å². The molecule has 0 saturated carbocycles. The minimum atomic E-state index is -0.312. The Morgan fingerprint density at radius 3 is 2.54 bits per heavy atom. The lowest BCUT2D eigenvalue weighted by Crippen LogP contribution is -2.31. The zero-order chi connectivity index (χ0) is 20.1. The molecule has 8 nitrogen and oxygen atoms in total. The van der Waals surface area contributed by atoms with Gasteiger partial charge in [-0.15, -0.1) is 0 Å².